The van der Waals surface area contributed by atoms with Crippen molar-refractivity contribution in [2.24, 2.45) is 7.05 Å². The van der Waals surface area contributed by atoms with Gasteiger partial charge < -0.3 is 14.6 Å². The second-order valence-electron chi connectivity index (χ2n) is 5.35. The van der Waals surface area contributed by atoms with Gasteiger partial charge in [-0.05, 0) is 44.5 Å². The topological polar surface area (TPSA) is 43.3 Å². The molecule has 1 aromatic heterocycles. The molecule has 0 saturated heterocycles. The number of ether oxygens (including phenoxy) is 1. The fourth-order valence-electron chi connectivity index (χ4n) is 2.39. The molecule has 4 heteroatoms. The first-order valence-corrected chi connectivity index (χ1v) is 6.98. The van der Waals surface area contributed by atoms with Gasteiger partial charge in [-0.25, -0.2) is 4.79 Å². The molecule has 4 nitrogen and oxygen atoms in total. The first-order chi connectivity index (χ1) is 9.93. The van der Waals surface area contributed by atoms with E-state index in [1.165, 1.54) is 24.1 Å². The predicted octanol–water partition coefficient (Wildman–Crippen LogP) is 3.35. The SMILES string of the molecule is COC(=O)c1cc(C)ccc1NCc1cc(C)n(C)c1C. The lowest BCUT2D eigenvalue weighted by Gasteiger charge is -2.12. The van der Waals surface area contributed by atoms with Crippen LogP contribution in [0.5, 0.6) is 0 Å². The standard InChI is InChI=1S/C17H22N2O2/c1-11-6-7-16(15(8-11)17(20)21-5)18-10-14-9-12(2)19(4)13(14)3/h6-9,18H,10H2,1-5H3. The Labute approximate surface area is 125 Å². The normalized spacial score (nSPS) is 10.5. The molecule has 0 atom stereocenters. The number of benzene rings is 1. The maximum Gasteiger partial charge on any atom is 0.339 e. The summed E-state index contributed by atoms with van der Waals surface area (Å²) in [6.07, 6.45) is 0. The van der Waals surface area contributed by atoms with Crippen LogP contribution in [0.1, 0.15) is 32.9 Å². The van der Waals surface area contributed by atoms with E-state index in [4.69, 9.17) is 4.74 Å². The predicted molar refractivity (Wildman–Crippen MR) is 84.7 cm³/mol. The van der Waals surface area contributed by atoms with Crippen LogP contribution in [-0.4, -0.2) is 17.6 Å². The largest absolute Gasteiger partial charge is 0.465 e. The molecule has 0 spiro atoms. The second kappa shape index (κ2) is 6.04. The number of hydrogen-bond donors (Lipinski definition) is 1. The number of aryl methyl sites for hydroxylation is 2. The van der Waals surface area contributed by atoms with Crippen molar-refractivity contribution in [1.82, 2.24) is 4.57 Å². The van der Waals surface area contributed by atoms with E-state index < -0.39 is 0 Å². The maximum atomic E-state index is 11.9. The smallest absolute Gasteiger partial charge is 0.339 e. The summed E-state index contributed by atoms with van der Waals surface area (Å²) >= 11 is 0. The molecule has 2 aromatic rings. The molecule has 0 aliphatic carbocycles. The molecule has 112 valence electrons. The number of rotatable bonds is 4. The highest BCUT2D eigenvalue weighted by molar-refractivity contribution is 5.95. The molecule has 0 unspecified atom stereocenters. The Kier molecular flexibility index (Phi) is 4.36. The number of carbonyl (C=O) groups excluding carboxylic acids is 1. The molecule has 0 aliphatic heterocycles. The van der Waals surface area contributed by atoms with Gasteiger partial charge in [0.25, 0.3) is 0 Å². The van der Waals surface area contributed by atoms with Crippen LogP contribution in [0.3, 0.4) is 0 Å². The minimum atomic E-state index is -0.317. The highest BCUT2D eigenvalue weighted by Crippen LogP contribution is 2.21. The Morgan fingerprint density at radius 2 is 1.95 bits per heavy atom. The van der Waals surface area contributed by atoms with Gasteiger partial charge in [-0.3, -0.25) is 0 Å². The number of nitrogens with one attached hydrogen (secondary N) is 1. The zero-order valence-corrected chi connectivity index (χ0v) is 13.3. The summed E-state index contributed by atoms with van der Waals surface area (Å²) in [6.45, 7) is 6.82. The molecule has 0 bridgehead atoms. The Balaban J connectivity index is 2.23. The van der Waals surface area contributed by atoms with Crippen LogP contribution in [0.25, 0.3) is 0 Å². The molecular weight excluding hydrogens is 264 g/mol. The number of methoxy groups -OCH3 is 1. The monoisotopic (exact) mass is 286 g/mol. The van der Waals surface area contributed by atoms with Crippen LogP contribution in [0.2, 0.25) is 0 Å². The molecule has 0 amide bonds. The van der Waals surface area contributed by atoms with Gasteiger partial charge in [0.15, 0.2) is 0 Å². The molecule has 0 saturated carbocycles. The lowest BCUT2D eigenvalue weighted by molar-refractivity contribution is 0.0601. The van der Waals surface area contributed by atoms with E-state index in [1.807, 2.05) is 25.1 Å². The molecule has 2 rings (SSSR count). The van der Waals surface area contributed by atoms with Gasteiger partial charge in [0.05, 0.1) is 12.7 Å². The maximum absolute atomic E-state index is 11.9. The summed E-state index contributed by atoms with van der Waals surface area (Å²) < 4.78 is 7.01. The summed E-state index contributed by atoms with van der Waals surface area (Å²) in [5, 5.41) is 3.34. The van der Waals surface area contributed by atoms with Crippen LogP contribution in [0, 0.1) is 20.8 Å². The molecule has 0 fully saturated rings. The Hall–Kier alpha value is -2.23. The van der Waals surface area contributed by atoms with Gasteiger partial charge >= 0.3 is 5.97 Å². The van der Waals surface area contributed by atoms with Gasteiger partial charge in [0.1, 0.15) is 0 Å². The van der Waals surface area contributed by atoms with E-state index in [2.05, 4.69) is 36.8 Å². The third kappa shape index (κ3) is 3.10. The molecular formula is C17H22N2O2. The molecule has 1 heterocycles. The van der Waals surface area contributed by atoms with Crippen LogP contribution in [0.15, 0.2) is 24.3 Å². The number of hydrogen-bond acceptors (Lipinski definition) is 3. The number of anilines is 1. The van der Waals surface area contributed by atoms with Gasteiger partial charge in [-0.2, -0.15) is 0 Å². The Morgan fingerprint density at radius 3 is 2.52 bits per heavy atom. The zero-order valence-electron chi connectivity index (χ0n) is 13.3. The third-order valence-corrected chi connectivity index (χ3v) is 3.93. The summed E-state index contributed by atoms with van der Waals surface area (Å²) in [4.78, 5) is 11.9. The van der Waals surface area contributed by atoms with Gasteiger partial charge in [-0.1, -0.05) is 11.6 Å². The Morgan fingerprint density at radius 1 is 1.24 bits per heavy atom. The molecule has 1 N–H and O–H groups in total. The van der Waals surface area contributed by atoms with Crippen LogP contribution in [0.4, 0.5) is 5.69 Å². The minimum Gasteiger partial charge on any atom is -0.465 e. The van der Waals surface area contributed by atoms with E-state index in [1.54, 1.807) is 0 Å². The fourth-order valence-corrected chi connectivity index (χ4v) is 2.39. The van der Waals surface area contributed by atoms with Gasteiger partial charge in [0, 0.05) is 30.7 Å². The average Bonchev–Trinajstić information content (AvgIpc) is 2.72. The van der Waals surface area contributed by atoms with Gasteiger partial charge in [-0.15, -0.1) is 0 Å². The number of esters is 1. The van der Waals surface area contributed by atoms with Crippen molar-refractivity contribution in [3.63, 3.8) is 0 Å². The van der Waals surface area contributed by atoms with E-state index in [9.17, 15) is 4.79 Å². The number of carbonyl (C=O) groups is 1. The highest BCUT2D eigenvalue weighted by atomic mass is 16.5. The quantitative estimate of drug-likeness (QED) is 0.877. The summed E-state index contributed by atoms with van der Waals surface area (Å²) in [6, 6.07) is 7.91. The summed E-state index contributed by atoms with van der Waals surface area (Å²) in [5.41, 5.74) is 6.09. The average molecular weight is 286 g/mol. The van der Waals surface area contributed by atoms with Crippen LogP contribution in [-0.2, 0) is 18.3 Å². The van der Waals surface area contributed by atoms with Crippen molar-refractivity contribution in [1.29, 1.82) is 0 Å². The minimum absolute atomic E-state index is 0.317. The summed E-state index contributed by atoms with van der Waals surface area (Å²) in [5.74, 6) is -0.317. The molecule has 0 aliphatic rings. The number of nitrogens with zero attached hydrogens (tertiary/aromatic N) is 1. The van der Waals surface area contributed by atoms with Crippen molar-refractivity contribution >= 4 is 11.7 Å². The van der Waals surface area contributed by atoms with Crippen molar-refractivity contribution in [2.45, 2.75) is 27.3 Å². The first-order valence-electron chi connectivity index (χ1n) is 6.98. The van der Waals surface area contributed by atoms with E-state index in [0.29, 0.717) is 12.1 Å². The molecule has 0 radical (unpaired) electrons. The summed E-state index contributed by atoms with van der Waals surface area (Å²) in [7, 11) is 3.46. The second-order valence-corrected chi connectivity index (χ2v) is 5.35. The lowest BCUT2D eigenvalue weighted by atomic mass is 10.1. The van der Waals surface area contributed by atoms with Crippen molar-refractivity contribution in [3.8, 4) is 0 Å². The third-order valence-electron chi connectivity index (χ3n) is 3.93. The fraction of sp³-hybridized carbons (Fsp3) is 0.353. The molecule has 1 aromatic carbocycles. The Bertz CT molecular complexity index is 672. The van der Waals surface area contributed by atoms with E-state index >= 15 is 0 Å². The van der Waals surface area contributed by atoms with E-state index in [-0.39, 0.29) is 5.97 Å². The van der Waals surface area contributed by atoms with Crippen molar-refractivity contribution in [2.75, 3.05) is 12.4 Å². The molecule has 21 heavy (non-hydrogen) atoms. The zero-order chi connectivity index (χ0) is 15.6. The van der Waals surface area contributed by atoms with Crippen LogP contribution < -0.4 is 5.32 Å². The van der Waals surface area contributed by atoms with Crippen LogP contribution >= 0.6 is 0 Å². The first kappa shape index (κ1) is 15.2. The van der Waals surface area contributed by atoms with Crippen molar-refractivity contribution < 1.29 is 9.53 Å². The van der Waals surface area contributed by atoms with Gasteiger partial charge in [0.2, 0.25) is 0 Å². The van der Waals surface area contributed by atoms with Crippen molar-refractivity contribution in [3.05, 3.63) is 52.3 Å². The highest BCUT2D eigenvalue weighted by Gasteiger charge is 2.13. The lowest BCUT2D eigenvalue weighted by Crippen LogP contribution is -2.09. The number of aromatic nitrogens is 1. The van der Waals surface area contributed by atoms with E-state index in [0.717, 1.165) is 11.3 Å².